The molecule has 0 amide bonds. The van der Waals surface area contributed by atoms with Crippen molar-refractivity contribution < 1.29 is 0 Å². The molecule has 0 radical (unpaired) electrons. The highest BCUT2D eigenvalue weighted by atomic mass is 32.2. The normalized spacial score (nSPS) is 9.94. The number of hydrogen-bond acceptors (Lipinski definition) is 2. The van der Waals surface area contributed by atoms with Crippen LogP contribution in [0.25, 0.3) is 0 Å². The first-order valence-corrected chi connectivity index (χ1v) is 6.26. The van der Waals surface area contributed by atoms with Crippen LogP contribution in [0.1, 0.15) is 16.7 Å². The molecule has 0 aliphatic rings. The van der Waals surface area contributed by atoms with Crippen LogP contribution in [0.4, 0.5) is 0 Å². The fourth-order valence-electron chi connectivity index (χ4n) is 1.54. The number of hydrogen-bond donors (Lipinski definition) is 0. The lowest BCUT2D eigenvalue weighted by atomic mass is 10.1. The number of nitrogens with zero attached hydrogens (tertiary/aromatic N) is 1. The summed E-state index contributed by atoms with van der Waals surface area (Å²) in [7, 11) is 0. The topological polar surface area (TPSA) is 23.8 Å². The van der Waals surface area contributed by atoms with Gasteiger partial charge < -0.3 is 0 Å². The summed E-state index contributed by atoms with van der Waals surface area (Å²) in [4.78, 5) is 2.32. The summed E-state index contributed by atoms with van der Waals surface area (Å²) in [5.41, 5.74) is 3.31. The highest BCUT2D eigenvalue weighted by Crippen LogP contribution is 2.29. The lowest BCUT2D eigenvalue weighted by Crippen LogP contribution is -1.82. The molecular formula is C15H13NS. The Hall–Kier alpha value is -1.72. The second kappa shape index (κ2) is 5.07. The third-order valence-corrected chi connectivity index (χ3v) is 3.66. The van der Waals surface area contributed by atoms with Gasteiger partial charge in [-0.25, -0.2) is 0 Å². The van der Waals surface area contributed by atoms with E-state index in [9.17, 15) is 0 Å². The van der Waals surface area contributed by atoms with Crippen LogP contribution in [-0.2, 0) is 0 Å². The maximum absolute atomic E-state index is 8.85. The average molecular weight is 239 g/mol. The van der Waals surface area contributed by atoms with E-state index >= 15 is 0 Å². The van der Waals surface area contributed by atoms with Crippen LogP contribution in [0.2, 0.25) is 0 Å². The molecule has 2 aromatic rings. The average Bonchev–Trinajstić information content (AvgIpc) is 2.34. The van der Waals surface area contributed by atoms with Gasteiger partial charge in [0, 0.05) is 9.79 Å². The summed E-state index contributed by atoms with van der Waals surface area (Å²) in [6.07, 6.45) is 0. The van der Waals surface area contributed by atoms with E-state index in [0.29, 0.717) is 5.56 Å². The highest BCUT2D eigenvalue weighted by molar-refractivity contribution is 7.99. The molecule has 0 spiro atoms. The van der Waals surface area contributed by atoms with Crippen molar-refractivity contribution in [1.82, 2.24) is 0 Å². The second-order valence-electron chi connectivity index (χ2n) is 3.99. The van der Waals surface area contributed by atoms with Crippen molar-refractivity contribution >= 4 is 11.8 Å². The Balaban J connectivity index is 2.25. The quantitative estimate of drug-likeness (QED) is 0.779. The summed E-state index contributed by atoms with van der Waals surface area (Å²) in [5, 5.41) is 8.85. The Kier molecular flexibility index (Phi) is 3.51. The molecule has 0 N–H and O–H groups in total. The van der Waals surface area contributed by atoms with Crippen LogP contribution in [0.3, 0.4) is 0 Å². The molecule has 2 heteroatoms. The first-order chi connectivity index (χ1) is 8.19. The van der Waals surface area contributed by atoms with Crippen molar-refractivity contribution in [2.45, 2.75) is 23.6 Å². The number of nitriles is 1. The van der Waals surface area contributed by atoms with E-state index in [0.717, 1.165) is 4.90 Å². The number of benzene rings is 2. The lowest BCUT2D eigenvalue weighted by molar-refractivity contribution is 1.27. The maximum Gasteiger partial charge on any atom is 0.0992 e. The van der Waals surface area contributed by atoms with Crippen molar-refractivity contribution in [3.8, 4) is 6.07 Å². The second-order valence-corrected chi connectivity index (χ2v) is 5.13. The van der Waals surface area contributed by atoms with Crippen LogP contribution in [-0.4, -0.2) is 0 Å². The molecule has 0 bridgehead atoms. The molecule has 84 valence electrons. The fraction of sp³-hybridized carbons (Fsp3) is 0.133. The summed E-state index contributed by atoms with van der Waals surface area (Å²) in [6, 6.07) is 16.3. The predicted octanol–water partition coefficient (Wildman–Crippen LogP) is 4.33. The van der Waals surface area contributed by atoms with Gasteiger partial charge in [0.05, 0.1) is 11.6 Å². The molecule has 1 nitrogen and oxygen atoms in total. The smallest absolute Gasteiger partial charge is 0.0992 e. The van der Waals surface area contributed by atoms with Gasteiger partial charge in [0.1, 0.15) is 0 Å². The molecule has 2 rings (SSSR count). The van der Waals surface area contributed by atoms with Crippen molar-refractivity contribution in [3.63, 3.8) is 0 Å². The lowest BCUT2D eigenvalue weighted by Gasteiger charge is -2.05. The van der Waals surface area contributed by atoms with E-state index in [1.165, 1.54) is 16.0 Å². The SMILES string of the molecule is Cc1ccc(Sc2cccc(C#N)c2)cc1C. The van der Waals surface area contributed by atoms with Gasteiger partial charge in [0.25, 0.3) is 0 Å². The predicted molar refractivity (Wildman–Crippen MR) is 71.2 cm³/mol. The van der Waals surface area contributed by atoms with Gasteiger partial charge >= 0.3 is 0 Å². The summed E-state index contributed by atoms with van der Waals surface area (Å²) < 4.78 is 0. The Bertz CT molecular complexity index is 582. The van der Waals surface area contributed by atoms with Gasteiger partial charge in [-0.05, 0) is 55.3 Å². The monoisotopic (exact) mass is 239 g/mol. The number of aryl methyl sites for hydroxylation is 2. The molecule has 0 saturated carbocycles. The van der Waals surface area contributed by atoms with Crippen molar-refractivity contribution in [3.05, 3.63) is 59.2 Å². The summed E-state index contributed by atoms with van der Waals surface area (Å²) >= 11 is 1.69. The van der Waals surface area contributed by atoms with Crippen molar-refractivity contribution in [2.24, 2.45) is 0 Å². The molecule has 17 heavy (non-hydrogen) atoms. The minimum atomic E-state index is 0.707. The largest absolute Gasteiger partial charge is 0.192 e. The van der Waals surface area contributed by atoms with Gasteiger partial charge in [0.2, 0.25) is 0 Å². The van der Waals surface area contributed by atoms with E-state index in [2.05, 4.69) is 38.1 Å². The van der Waals surface area contributed by atoms with Gasteiger partial charge in [-0.2, -0.15) is 5.26 Å². The maximum atomic E-state index is 8.85. The van der Waals surface area contributed by atoms with E-state index in [1.807, 2.05) is 24.3 Å². The minimum Gasteiger partial charge on any atom is -0.192 e. The molecule has 2 aromatic carbocycles. The van der Waals surface area contributed by atoms with E-state index in [4.69, 9.17) is 5.26 Å². The fourth-order valence-corrected chi connectivity index (χ4v) is 2.52. The first kappa shape index (κ1) is 11.8. The van der Waals surface area contributed by atoms with Crippen molar-refractivity contribution in [2.75, 3.05) is 0 Å². The van der Waals surface area contributed by atoms with Crippen LogP contribution in [0, 0.1) is 25.2 Å². The first-order valence-electron chi connectivity index (χ1n) is 5.44. The number of rotatable bonds is 2. The summed E-state index contributed by atoms with van der Waals surface area (Å²) in [5.74, 6) is 0. The molecule has 0 aromatic heterocycles. The highest BCUT2D eigenvalue weighted by Gasteiger charge is 2.00. The third-order valence-electron chi connectivity index (χ3n) is 2.68. The van der Waals surface area contributed by atoms with Gasteiger partial charge in [-0.1, -0.05) is 23.9 Å². The van der Waals surface area contributed by atoms with Crippen LogP contribution < -0.4 is 0 Å². The standard InChI is InChI=1S/C15H13NS/c1-11-6-7-15(8-12(11)2)17-14-5-3-4-13(9-14)10-16/h3-9H,1-2H3. The third kappa shape index (κ3) is 2.89. The van der Waals surface area contributed by atoms with Gasteiger partial charge in [-0.3, -0.25) is 0 Å². The molecule has 0 atom stereocenters. The van der Waals surface area contributed by atoms with Crippen LogP contribution in [0.5, 0.6) is 0 Å². The van der Waals surface area contributed by atoms with E-state index in [1.54, 1.807) is 11.8 Å². The minimum absolute atomic E-state index is 0.707. The molecule has 0 aliphatic carbocycles. The summed E-state index contributed by atoms with van der Waals surface area (Å²) in [6.45, 7) is 4.23. The zero-order valence-electron chi connectivity index (χ0n) is 9.90. The van der Waals surface area contributed by atoms with Gasteiger partial charge in [0.15, 0.2) is 0 Å². The zero-order valence-corrected chi connectivity index (χ0v) is 10.7. The van der Waals surface area contributed by atoms with E-state index < -0.39 is 0 Å². The van der Waals surface area contributed by atoms with Gasteiger partial charge in [-0.15, -0.1) is 0 Å². The molecular weight excluding hydrogens is 226 g/mol. The molecule has 0 aliphatic heterocycles. The van der Waals surface area contributed by atoms with Crippen LogP contribution >= 0.6 is 11.8 Å². The Morgan fingerprint density at radius 2 is 1.71 bits per heavy atom. The van der Waals surface area contributed by atoms with Crippen LogP contribution in [0.15, 0.2) is 52.3 Å². The molecule has 0 unspecified atom stereocenters. The Morgan fingerprint density at radius 3 is 2.41 bits per heavy atom. The Labute approximate surface area is 106 Å². The van der Waals surface area contributed by atoms with Crippen molar-refractivity contribution in [1.29, 1.82) is 5.26 Å². The molecule has 0 heterocycles. The molecule has 0 saturated heterocycles. The molecule has 0 fully saturated rings. The Morgan fingerprint density at radius 1 is 0.941 bits per heavy atom. The van der Waals surface area contributed by atoms with E-state index in [-0.39, 0.29) is 0 Å². The zero-order chi connectivity index (χ0) is 12.3.